The zero-order valence-corrected chi connectivity index (χ0v) is 10.5. The van der Waals surface area contributed by atoms with Gasteiger partial charge in [0.05, 0.1) is 11.0 Å². The lowest BCUT2D eigenvalue weighted by Gasteiger charge is -2.20. The van der Waals surface area contributed by atoms with E-state index in [2.05, 4.69) is 0 Å². The molecule has 2 rings (SSSR count). The minimum absolute atomic E-state index is 0.135. The van der Waals surface area contributed by atoms with E-state index in [4.69, 9.17) is 5.11 Å². The Bertz CT molecular complexity index is 347. The Morgan fingerprint density at radius 3 is 2.50 bits per heavy atom. The standard InChI is InChI=1S/C12H14O2S2/c13-11(14)8-10(12-15-6-7-16-12)9-4-2-1-3-5-9/h1-5,10,12H,6-8H2,(H,13,14). The number of aliphatic carboxylic acids is 1. The average Bonchev–Trinajstić information content (AvgIpc) is 2.80. The fraction of sp³-hybridized carbons (Fsp3) is 0.417. The second kappa shape index (κ2) is 5.64. The Balaban J connectivity index is 2.16. The fourth-order valence-electron chi connectivity index (χ4n) is 1.87. The van der Waals surface area contributed by atoms with Crippen molar-refractivity contribution in [1.82, 2.24) is 0 Å². The number of rotatable bonds is 4. The second-order valence-corrected chi connectivity index (χ2v) is 6.52. The van der Waals surface area contributed by atoms with Crippen molar-refractivity contribution in [3.63, 3.8) is 0 Å². The average molecular weight is 254 g/mol. The van der Waals surface area contributed by atoms with Gasteiger partial charge in [-0.25, -0.2) is 0 Å². The van der Waals surface area contributed by atoms with Gasteiger partial charge in [-0.15, -0.1) is 23.5 Å². The second-order valence-electron chi connectivity index (χ2n) is 3.73. The molecule has 1 aromatic carbocycles. The van der Waals surface area contributed by atoms with E-state index in [9.17, 15) is 4.79 Å². The molecule has 1 saturated heterocycles. The molecule has 0 bridgehead atoms. The Kier molecular flexibility index (Phi) is 4.18. The van der Waals surface area contributed by atoms with Gasteiger partial charge in [-0.1, -0.05) is 30.3 Å². The maximum absolute atomic E-state index is 10.9. The maximum Gasteiger partial charge on any atom is 0.304 e. The predicted octanol–water partition coefficient (Wildman–Crippen LogP) is 3.05. The maximum atomic E-state index is 10.9. The van der Waals surface area contributed by atoms with E-state index in [1.807, 2.05) is 53.9 Å². The quantitative estimate of drug-likeness (QED) is 0.896. The minimum Gasteiger partial charge on any atom is -0.481 e. The highest BCUT2D eigenvalue weighted by Gasteiger charge is 2.29. The molecule has 0 saturated carbocycles. The van der Waals surface area contributed by atoms with Crippen molar-refractivity contribution in [3.05, 3.63) is 35.9 Å². The van der Waals surface area contributed by atoms with E-state index in [1.165, 1.54) is 0 Å². The zero-order valence-electron chi connectivity index (χ0n) is 8.83. The van der Waals surface area contributed by atoms with Crippen molar-refractivity contribution >= 4 is 29.5 Å². The van der Waals surface area contributed by atoms with Gasteiger partial charge >= 0.3 is 5.97 Å². The number of carbonyl (C=O) groups is 1. The molecule has 1 aromatic rings. The molecule has 0 spiro atoms. The van der Waals surface area contributed by atoms with Crippen LogP contribution in [-0.4, -0.2) is 27.2 Å². The van der Waals surface area contributed by atoms with E-state index in [0.29, 0.717) is 4.58 Å². The molecular formula is C12H14O2S2. The first kappa shape index (κ1) is 11.9. The predicted molar refractivity (Wildman–Crippen MR) is 70.1 cm³/mol. The van der Waals surface area contributed by atoms with Crippen LogP contribution in [0.5, 0.6) is 0 Å². The first-order valence-electron chi connectivity index (χ1n) is 5.27. The van der Waals surface area contributed by atoms with Crippen molar-refractivity contribution in [3.8, 4) is 0 Å². The third-order valence-corrected chi connectivity index (χ3v) is 5.87. The number of hydrogen-bond acceptors (Lipinski definition) is 3. The first-order chi connectivity index (χ1) is 7.77. The zero-order chi connectivity index (χ0) is 11.4. The molecule has 1 aliphatic rings. The SMILES string of the molecule is O=C(O)CC(c1ccccc1)C1SCCS1. The minimum atomic E-state index is -0.707. The highest BCUT2D eigenvalue weighted by Crippen LogP contribution is 2.43. The van der Waals surface area contributed by atoms with Gasteiger partial charge in [0.15, 0.2) is 0 Å². The number of hydrogen-bond donors (Lipinski definition) is 1. The van der Waals surface area contributed by atoms with Crippen LogP contribution in [0.2, 0.25) is 0 Å². The van der Waals surface area contributed by atoms with Crippen LogP contribution in [0.4, 0.5) is 0 Å². The molecule has 1 fully saturated rings. The van der Waals surface area contributed by atoms with Crippen molar-refractivity contribution in [2.24, 2.45) is 0 Å². The van der Waals surface area contributed by atoms with Crippen LogP contribution in [0.15, 0.2) is 30.3 Å². The van der Waals surface area contributed by atoms with Gasteiger partial charge in [-0.3, -0.25) is 4.79 Å². The highest BCUT2D eigenvalue weighted by atomic mass is 32.2. The summed E-state index contributed by atoms with van der Waals surface area (Å²) in [6.07, 6.45) is 0.231. The highest BCUT2D eigenvalue weighted by molar-refractivity contribution is 8.20. The molecule has 0 amide bonds. The lowest BCUT2D eigenvalue weighted by Crippen LogP contribution is -2.14. The summed E-state index contributed by atoms with van der Waals surface area (Å²) in [4.78, 5) is 10.9. The summed E-state index contributed by atoms with van der Waals surface area (Å²) >= 11 is 3.77. The van der Waals surface area contributed by atoms with Crippen molar-refractivity contribution in [2.45, 2.75) is 16.9 Å². The summed E-state index contributed by atoms with van der Waals surface area (Å²) in [7, 11) is 0. The van der Waals surface area contributed by atoms with Crippen LogP contribution >= 0.6 is 23.5 Å². The first-order valence-corrected chi connectivity index (χ1v) is 7.37. The molecule has 0 radical (unpaired) electrons. The van der Waals surface area contributed by atoms with Crippen LogP contribution in [0.3, 0.4) is 0 Å². The van der Waals surface area contributed by atoms with E-state index in [0.717, 1.165) is 17.1 Å². The van der Waals surface area contributed by atoms with Gasteiger partial charge in [0.2, 0.25) is 0 Å². The third kappa shape index (κ3) is 2.95. The number of thioether (sulfide) groups is 2. The Morgan fingerprint density at radius 2 is 1.94 bits per heavy atom. The largest absolute Gasteiger partial charge is 0.481 e. The smallest absolute Gasteiger partial charge is 0.304 e. The Hall–Kier alpha value is -0.610. The number of carboxylic acids is 1. The molecule has 1 N–H and O–H groups in total. The van der Waals surface area contributed by atoms with Crippen LogP contribution in [0.1, 0.15) is 17.9 Å². The van der Waals surface area contributed by atoms with Gasteiger partial charge in [0, 0.05) is 17.4 Å². The summed E-state index contributed by atoms with van der Waals surface area (Å²) in [5.41, 5.74) is 1.15. The molecule has 1 unspecified atom stereocenters. The van der Waals surface area contributed by atoms with E-state index in [-0.39, 0.29) is 12.3 Å². The Labute approximate surface area is 104 Å². The summed E-state index contributed by atoms with van der Waals surface area (Å²) < 4.78 is 0.401. The van der Waals surface area contributed by atoms with Crippen LogP contribution in [-0.2, 0) is 4.79 Å². The lowest BCUT2D eigenvalue weighted by molar-refractivity contribution is -0.137. The van der Waals surface area contributed by atoms with E-state index < -0.39 is 5.97 Å². The van der Waals surface area contributed by atoms with Gasteiger partial charge in [0.1, 0.15) is 0 Å². The molecule has 4 heteroatoms. The summed E-state index contributed by atoms with van der Waals surface area (Å²) in [6, 6.07) is 10.00. The molecular weight excluding hydrogens is 240 g/mol. The Morgan fingerprint density at radius 1 is 1.31 bits per heavy atom. The monoisotopic (exact) mass is 254 g/mol. The molecule has 0 aromatic heterocycles. The third-order valence-electron chi connectivity index (χ3n) is 2.60. The summed E-state index contributed by atoms with van der Waals surface area (Å²) in [5.74, 6) is 1.70. The van der Waals surface area contributed by atoms with Crippen LogP contribution < -0.4 is 0 Å². The number of benzene rings is 1. The lowest BCUT2D eigenvalue weighted by atomic mass is 9.97. The van der Waals surface area contributed by atoms with Gasteiger partial charge in [-0.05, 0) is 5.56 Å². The van der Waals surface area contributed by atoms with Gasteiger partial charge in [0.25, 0.3) is 0 Å². The molecule has 16 heavy (non-hydrogen) atoms. The molecule has 1 heterocycles. The normalized spacial score (nSPS) is 18.5. The van der Waals surface area contributed by atoms with Crippen molar-refractivity contribution in [2.75, 3.05) is 11.5 Å². The summed E-state index contributed by atoms with van der Waals surface area (Å²) in [5, 5.41) is 8.99. The van der Waals surface area contributed by atoms with Crippen LogP contribution in [0.25, 0.3) is 0 Å². The van der Waals surface area contributed by atoms with Crippen LogP contribution in [0, 0.1) is 0 Å². The van der Waals surface area contributed by atoms with Gasteiger partial charge in [-0.2, -0.15) is 0 Å². The van der Waals surface area contributed by atoms with Gasteiger partial charge < -0.3 is 5.11 Å². The molecule has 0 aliphatic carbocycles. The molecule has 1 aliphatic heterocycles. The number of carboxylic acid groups (broad SMARTS) is 1. The van der Waals surface area contributed by atoms with E-state index in [1.54, 1.807) is 0 Å². The fourth-order valence-corrected chi connectivity index (χ4v) is 5.04. The molecule has 2 nitrogen and oxygen atoms in total. The molecule has 86 valence electrons. The van der Waals surface area contributed by atoms with E-state index >= 15 is 0 Å². The van der Waals surface area contributed by atoms with Crippen molar-refractivity contribution in [1.29, 1.82) is 0 Å². The summed E-state index contributed by atoms with van der Waals surface area (Å²) in [6.45, 7) is 0. The topological polar surface area (TPSA) is 37.3 Å². The van der Waals surface area contributed by atoms with Crippen molar-refractivity contribution < 1.29 is 9.90 Å². The molecule has 1 atom stereocenters.